The number of rotatable bonds is 3. The molecule has 3 heterocycles. The Hall–Kier alpha value is -1.66. The zero-order chi connectivity index (χ0) is 12.5. The smallest absolute Gasteiger partial charge is 0.327 e. The quantitative estimate of drug-likeness (QED) is 0.854. The number of nitrogens with one attached hydrogen (secondary N) is 1. The Morgan fingerprint density at radius 2 is 2.50 bits per heavy atom. The molecular weight excluding hydrogens is 234 g/mol. The predicted octanol–water partition coefficient (Wildman–Crippen LogP) is 0.386. The van der Waals surface area contributed by atoms with Crippen molar-refractivity contribution in [3.8, 4) is 0 Å². The Morgan fingerprint density at radius 1 is 1.61 bits per heavy atom. The maximum atomic E-state index is 11.9. The molecule has 2 aromatic rings. The van der Waals surface area contributed by atoms with Crippen molar-refractivity contribution in [1.29, 1.82) is 0 Å². The van der Waals surface area contributed by atoms with Crippen molar-refractivity contribution in [2.75, 3.05) is 20.3 Å². The third kappa shape index (κ3) is 1.83. The summed E-state index contributed by atoms with van der Waals surface area (Å²) in [5.41, 5.74) is 1.31. The van der Waals surface area contributed by atoms with Gasteiger partial charge in [0.2, 0.25) is 0 Å². The third-order valence-electron chi connectivity index (χ3n) is 3.41. The maximum Gasteiger partial charge on any atom is 0.327 e. The van der Waals surface area contributed by atoms with Crippen LogP contribution in [0.25, 0.3) is 11.2 Å². The molecule has 1 aliphatic heterocycles. The number of fused-ring (bicyclic) bond motifs is 1. The van der Waals surface area contributed by atoms with Gasteiger partial charge in [-0.2, -0.15) is 0 Å². The van der Waals surface area contributed by atoms with E-state index in [1.165, 1.54) is 0 Å². The Kier molecular flexibility index (Phi) is 2.89. The molecule has 18 heavy (non-hydrogen) atoms. The van der Waals surface area contributed by atoms with E-state index in [1.54, 1.807) is 17.9 Å². The van der Waals surface area contributed by atoms with Crippen LogP contribution < -0.4 is 5.69 Å². The van der Waals surface area contributed by atoms with Crippen LogP contribution in [0.1, 0.15) is 0 Å². The third-order valence-corrected chi connectivity index (χ3v) is 3.41. The molecule has 0 unspecified atom stereocenters. The summed E-state index contributed by atoms with van der Waals surface area (Å²) in [7, 11) is 1.67. The largest absolute Gasteiger partial charge is 0.379 e. The molecule has 0 aromatic carbocycles. The van der Waals surface area contributed by atoms with Gasteiger partial charge in [0.05, 0.1) is 24.8 Å². The van der Waals surface area contributed by atoms with Crippen molar-refractivity contribution in [2.45, 2.75) is 12.6 Å². The van der Waals surface area contributed by atoms with Crippen LogP contribution >= 0.6 is 0 Å². The van der Waals surface area contributed by atoms with Crippen LogP contribution in [0.4, 0.5) is 0 Å². The van der Waals surface area contributed by atoms with Crippen molar-refractivity contribution < 1.29 is 9.47 Å². The summed E-state index contributed by atoms with van der Waals surface area (Å²) in [6.45, 7) is 1.80. The highest BCUT2D eigenvalue weighted by molar-refractivity contribution is 5.70. The minimum absolute atomic E-state index is 0.0542. The Labute approximate surface area is 104 Å². The topological polar surface area (TPSA) is 69.1 Å². The number of aromatic nitrogens is 3. The molecule has 0 amide bonds. The van der Waals surface area contributed by atoms with Crippen LogP contribution in [0.5, 0.6) is 0 Å². The Bertz CT molecular complexity index is 604. The number of aromatic amines is 1. The molecule has 6 heteroatoms. The lowest BCUT2D eigenvalue weighted by molar-refractivity contribution is 0.0632. The molecule has 1 fully saturated rings. The Morgan fingerprint density at radius 3 is 3.33 bits per heavy atom. The van der Waals surface area contributed by atoms with Crippen molar-refractivity contribution in [2.24, 2.45) is 5.92 Å². The minimum Gasteiger partial charge on any atom is -0.379 e. The molecule has 3 rings (SSSR count). The molecule has 0 aliphatic carbocycles. The normalized spacial score (nSPS) is 23.8. The number of ether oxygens (including phenoxy) is 2. The predicted molar refractivity (Wildman–Crippen MR) is 65.5 cm³/mol. The standard InChI is InChI=1S/C12H15N3O3/c1-17-10-7-18-6-8(10)5-15-9-3-2-4-13-11(9)14-12(15)16/h2-4,8,10H,5-7H2,1H3,(H,13,14,16)/t8-,10-/m1/s1. The number of imidazole rings is 1. The molecule has 96 valence electrons. The average Bonchev–Trinajstić information content (AvgIpc) is 2.95. The fourth-order valence-electron chi connectivity index (χ4n) is 2.41. The molecule has 1 N–H and O–H groups in total. The van der Waals surface area contributed by atoms with Crippen molar-refractivity contribution >= 4 is 11.2 Å². The van der Waals surface area contributed by atoms with Crippen molar-refractivity contribution in [3.05, 3.63) is 28.8 Å². The summed E-state index contributed by atoms with van der Waals surface area (Å²) in [6, 6.07) is 3.71. The summed E-state index contributed by atoms with van der Waals surface area (Å²) in [5, 5.41) is 0. The van der Waals surface area contributed by atoms with Gasteiger partial charge in [-0.3, -0.25) is 9.55 Å². The van der Waals surface area contributed by atoms with E-state index in [1.807, 2.05) is 12.1 Å². The van der Waals surface area contributed by atoms with E-state index in [0.29, 0.717) is 25.4 Å². The summed E-state index contributed by atoms with van der Waals surface area (Å²) in [4.78, 5) is 18.8. The molecular formula is C12H15N3O3. The van der Waals surface area contributed by atoms with Gasteiger partial charge < -0.3 is 9.47 Å². The van der Waals surface area contributed by atoms with Gasteiger partial charge in [-0.05, 0) is 12.1 Å². The van der Waals surface area contributed by atoms with Crippen LogP contribution in [0.2, 0.25) is 0 Å². The van der Waals surface area contributed by atoms with Crippen LogP contribution in [0.3, 0.4) is 0 Å². The van der Waals surface area contributed by atoms with Gasteiger partial charge in [0, 0.05) is 25.8 Å². The van der Waals surface area contributed by atoms with E-state index >= 15 is 0 Å². The highest BCUT2D eigenvalue weighted by Gasteiger charge is 2.29. The van der Waals surface area contributed by atoms with Gasteiger partial charge in [0.1, 0.15) is 0 Å². The van der Waals surface area contributed by atoms with E-state index in [9.17, 15) is 4.79 Å². The van der Waals surface area contributed by atoms with Crippen molar-refractivity contribution in [3.63, 3.8) is 0 Å². The SMILES string of the molecule is CO[C@@H]1COC[C@H]1Cn1c(=O)[nH]c2ncccc21. The van der Waals surface area contributed by atoms with Crippen LogP contribution in [0, 0.1) is 5.92 Å². The van der Waals surface area contributed by atoms with Crippen molar-refractivity contribution in [1.82, 2.24) is 14.5 Å². The number of hydrogen-bond donors (Lipinski definition) is 1. The molecule has 0 spiro atoms. The minimum atomic E-state index is -0.134. The second-order valence-corrected chi connectivity index (χ2v) is 4.48. The summed E-state index contributed by atoms with van der Waals surface area (Å²) >= 11 is 0. The zero-order valence-corrected chi connectivity index (χ0v) is 10.1. The first-order chi connectivity index (χ1) is 8.79. The first kappa shape index (κ1) is 11.4. The van der Waals surface area contributed by atoms with E-state index in [2.05, 4.69) is 9.97 Å². The molecule has 1 saturated heterocycles. The lowest BCUT2D eigenvalue weighted by Crippen LogP contribution is -2.29. The molecule has 0 saturated carbocycles. The molecule has 0 bridgehead atoms. The van der Waals surface area contributed by atoms with Gasteiger partial charge in [0.25, 0.3) is 0 Å². The maximum absolute atomic E-state index is 11.9. The van der Waals surface area contributed by atoms with Crippen LogP contribution in [-0.4, -0.2) is 41.0 Å². The van der Waals surface area contributed by atoms with E-state index < -0.39 is 0 Å². The lowest BCUT2D eigenvalue weighted by atomic mass is 10.1. The number of hydrogen-bond acceptors (Lipinski definition) is 4. The number of H-pyrrole nitrogens is 1. The van der Waals surface area contributed by atoms with E-state index in [0.717, 1.165) is 5.52 Å². The van der Waals surface area contributed by atoms with Gasteiger partial charge in [0.15, 0.2) is 5.65 Å². The second-order valence-electron chi connectivity index (χ2n) is 4.48. The lowest BCUT2D eigenvalue weighted by Gasteiger charge is -2.16. The highest BCUT2D eigenvalue weighted by atomic mass is 16.5. The number of nitrogens with zero attached hydrogens (tertiary/aromatic N) is 2. The van der Waals surface area contributed by atoms with Gasteiger partial charge in [-0.15, -0.1) is 0 Å². The molecule has 0 radical (unpaired) electrons. The Balaban J connectivity index is 1.95. The number of methoxy groups -OCH3 is 1. The highest BCUT2D eigenvalue weighted by Crippen LogP contribution is 2.19. The summed E-state index contributed by atoms with van der Waals surface area (Å²) < 4.78 is 12.5. The van der Waals surface area contributed by atoms with Gasteiger partial charge in [-0.25, -0.2) is 9.78 Å². The van der Waals surface area contributed by atoms with Crippen LogP contribution in [-0.2, 0) is 16.0 Å². The monoisotopic (exact) mass is 249 g/mol. The summed E-state index contributed by atoms with van der Waals surface area (Å²) in [5.74, 6) is 0.201. The fourth-order valence-corrected chi connectivity index (χ4v) is 2.41. The number of pyridine rings is 1. The fraction of sp³-hybridized carbons (Fsp3) is 0.500. The molecule has 2 aromatic heterocycles. The molecule has 6 nitrogen and oxygen atoms in total. The second kappa shape index (κ2) is 4.55. The van der Waals surface area contributed by atoms with E-state index in [4.69, 9.17) is 9.47 Å². The van der Waals surface area contributed by atoms with E-state index in [-0.39, 0.29) is 17.7 Å². The first-order valence-electron chi connectivity index (χ1n) is 5.93. The molecule has 1 aliphatic rings. The van der Waals surface area contributed by atoms with Gasteiger partial charge >= 0.3 is 5.69 Å². The zero-order valence-electron chi connectivity index (χ0n) is 10.1. The van der Waals surface area contributed by atoms with Gasteiger partial charge in [-0.1, -0.05) is 0 Å². The van der Waals surface area contributed by atoms with Crippen LogP contribution in [0.15, 0.2) is 23.1 Å². The summed E-state index contributed by atoms with van der Waals surface area (Å²) in [6.07, 6.45) is 1.72. The molecule has 2 atom stereocenters. The average molecular weight is 249 g/mol. The first-order valence-corrected chi connectivity index (χ1v) is 5.93.